The maximum atomic E-state index is 13.2. The summed E-state index contributed by atoms with van der Waals surface area (Å²) in [5.74, 6) is 2.33. The fourth-order valence-corrected chi connectivity index (χ4v) is 4.91. The number of benzene rings is 1. The highest BCUT2D eigenvalue weighted by molar-refractivity contribution is 5.58. The molecule has 2 aliphatic carbocycles. The molecule has 4 rings (SSSR count). The number of H-pyrrole nitrogens is 1. The Morgan fingerprint density at radius 1 is 0.963 bits per heavy atom. The van der Waals surface area contributed by atoms with Crippen LogP contribution in [0.25, 0.3) is 11.3 Å². The lowest BCUT2D eigenvalue weighted by atomic mass is 9.83. The van der Waals surface area contributed by atoms with Gasteiger partial charge in [-0.1, -0.05) is 38.5 Å². The third-order valence-corrected chi connectivity index (χ3v) is 6.52. The van der Waals surface area contributed by atoms with Gasteiger partial charge < -0.3 is 10.3 Å². The van der Waals surface area contributed by atoms with E-state index in [0.717, 1.165) is 29.5 Å². The van der Waals surface area contributed by atoms with Gasteiger partial charge in [-0.15, -0.1) is 0 Å². The van der Waals surface area contributed by atoms with Gasteiger partial charge in [-0.25, -0.2) is 9.37 Å². The van der Waals surface area contributed by atoms with E-state index in [2.05, 4.69) is 10.3 Å². The molecule has 1 heterocycles. The maximum absolute atomic E-state index is 13.2. The molecule has 2 aromatic rings. The molecule has 0 bridgehead atoms. The van der Waals surface area contributed by atoms with Crippen LogP contribution in [-0.2, 0) is 0 Å². The molecule has 3 nitrogen and oxygen atoms in total. The van der Waals surface area contributed by atoms with Gasteiger partial charge in [0.25, 0.3) is 0 Å². The van der Waals surface area contributed by atoms with Gasteiger partial charge >= 0.3 is 0 Å². The van der Waals surface area contributed by atoms with E-state index < -0.39 is 0 Å². The average molecular weight is 370 g/mol. The lowest BCUT2D eigenvalue weighted by molar-refractivity contribution is 0.242. The molecule has 2 aliphatic rings. The first kappa shape index (κ1) is 18.7. The first-order valence-electron chi connectivity index (χ1n) is 10.8. The first-order chi connectivity index (χ1) is 13.3. The molecule has 1 aromatic carbocycles. The van der Waals surface area contributed by atoms with Crippen LogP contribution in [0.1, 0.15) is 76.1 Å². The summed E-state index contributed by atoms with van der Waals surface area (Å²) in [4.78, 5) is 8.28. The highest BCUT2D eigenvalue weighted by atomic mass is 19.1. The van der Waals surface area contributed by atoms with Crippen molar-refractivity contribution in [1.82, 2.24) is 15.3 Å². The van der Waals surface area contributed by atoms with Gasteiger partial charge in [-0.05, 0) is 73.9 Å². The molecular formula is C23H32FN3. The monoisotopic (exact) mass is 369 g/mol. The van der Waals surface area contributed by atoms with Crippen molar-refractivity contribution in [1.29, 1.82) is 0 Å². The van der Waals surface area contributed by atoms with Crippen molar-refractivity contribution < 1.29 is 4.39 Å². The predicted molar refractivity (Wildman–Crippen MR) is 108 cm³/mol. The van der Waals surface area contributed by atoms with Crippen LogP contribution in [-0.4, -0.2) is 16.5 Å². The minimum absolute atomic E-state index is 0.201. The Kier molecular flexibility index (Phi) is 6.23. The lowest BCUT2D eigenvalue weighted by Gasteiger charge is -2.32. The third kappa shape index (κ3) is 4.78. The van der Waals surface area contributed by atoms with E-state index >= 15 is 0 Å². The zero-order chi connectivity index (χ0) is 18.5. The van der Waals surface area contributed by atoms with Crippen LogP contribution >= 0.6 is 0 Å². The first-order valence-corrected chi connectivity index (χ1v) is 10.8. The molecule has 0 saturated heterocycles. The van der Waals surface area contributed by atoms with E-state index in [1.54, 1.807) is 0 Å². The highest BCUT2D eigenvalue weighted by Crippen LogP contribution is 2.35. The van der Waals surface area contributed by atoms with Crippen LogP contribution < -0.4 is 5.32 Å². The summed E-state index contributed by atoms with van der Waals surface area (Å²) in [6, 6.07) is 6.96. The van der Waals surface area contributed by atoms with Crippen molar-refractivity contribution in [3.63, 3.8) is 0 Å². The zero-order valence-corrected chi connectivity index (χ0v) is 16.2. The molecule has 27 heavy (non-hydrogen) atoms. The summed E-state index contributed by atoms with van der Waals surface area (Å²) >= 11 is 0. The van der Waals surface area contributed by atoms with Crippen LogP contribution in [0.4, 0.5) is 4.39 Å². The number of hydrogen-bond acceptors (Lipinski definition) is 2. The van der Waals surface area contributed by atoms with E-state index in [4.69, 9.17) is 4.98 Å². The highest BCUT2D eigenvalue weighted by Gasteiger charge is 2.28. The summed E-state index contributed by atoms with van der Waals surface area (Å²) in [6.45, 7) is 1.10. The van der Waals surface area contributed by atoms with E-state index in [-0.39, 0.29) is 5.82 Å². The van der Waals surface area contributed by atoms with E-state index in [0.29, 0.717) is 12.0 Å². The van der Waals surface area contributed by atoms with E-state index in [9.17, 15) is 4.39 Å². The fraction of sp³-hybridized carbons (Fsp3) is 0.609. The zero-order valence-electron chi connectivity index (χ0n) is 16.2. The SMILES string of the molecule is Fc1ccc(-c2cnc([C@@H](NCC3CCCCC3)C3CCCCC3)[nH]2)cc1. The van der Waals surface area contributed by atoms with Crippen LogP contribution in [0, 0.1) is 17.7 Å². The number of halogens is 1. The Labute approximate surface area is 162 Å². The van der Waals surface area contributed by atoms with E-state index in [1.165, 1.54) is 76.3 Å². The molecule has 0 unspecified atom stereocenters. The number of rotatable bonds is 6. The summed E-state index contributed by atoms with van der Waals surface area (Å²) in [5, 5.41) is 3.90. The van der Waals surface area contributed by atoms with Crippen molar-refractivity contribution in [2.75, 3.05) is 6.54 Å². The number of nitrogens with one attached hydrogen (secondary N) is 2. The predicted octanol–water partition coefficient (Wildman–Crippen LogP) is 6.01. The van der Waals surface area contributed by atoms with Crippen molar-refractivity contribution in [2.45, 2.75) is 70.3 Å². The van der Waals surface area contributed by atoms with Crippen molar-refractivity contribution in [3.8, 4) is 11.3 Å². The molecule has 0 aliphatic heterocycles. The van der Waals surface area contributed by atoms with Gasteiger partial charge in [0.1, 0.15) is 11.6 Å². The molecular weight excluding hydrogens is 337 g/mol. The summed E-state index contributed by atoms with van der Waals surface area (Å²) in [6.07, 6.45) is 15.4. The summed E-state index contributed by atoms with van der Waals surface area (Å²) in [7, 11) is 0. The largest absolute Gasteiger partial charge is 0.341 e. The average Bonchev–Trinajstić information content (AvgIpc) is 3.20. The minimum atomic E-state index is -0.201. The molecule has 1 aromatic heterocycles. The number of aromatic nitrogens is 2. The van der Waals surface area contributed by atoms with Crippen molar-refractivity contribution in [2.24, 2.45) is 11.8 Å². The second-order valence-corrected chi connectivity index (χ2v) is 8.48. The number of aromatic amines is 1. The summed E-state index contributed by atoms with van der Waals surface area (Å²) < 4.78 is 13.2. The standard InChI is InChI=1S/C23H32FN3/c24-20-13-11-18(12-14-20)21-16-26-23(27-21)22(19-9-5-2-6-10-19)25-15-17-7-3-1-4-8-17/h11-14,16-17,19,22,25H,1-10,15H2,(H,26,27)/t22-/m0/s1. The second-order valence-electron chi connectivity index (χ2n) is 8.48. The quantitative estimate of drug-likeness (QED) is 0.655. The topological polar surface area (TPSA) is 40.7 Å². The third-order valence-electron chi connectivity index (χ3n) is 6.52. The fourth-order valence-electron chi connectivity index (χ4n) is 4.91. The van der Waals surface area contributed by atoms with Crippen LogP contribution in [0.5, 0.6) is 0 Å². The van der Waals surface area contributed by atoms with Crippen LogP contribution in [0.15, 0.2) is 30.5 Å². The Balaban J connectivity index is 1.49. The van der Waals surface area contributed by atoms with Gasteiger partial charge in [0.05, 0.1) is 17.9 Å². The molecule has 2 fully saturated rings. The Hall–Kier alpha value is -1.68. The Morgan fingerprint density at radius 2 is 1.63 bits per heavy atom. The van der Waals surface area contributed by atoms with Gasteiger partial charge in [0.2, 0.25) is 0 Å². The molecule has 0 amide bonds. The maximum Gasteiger partial charge on any atom is 0.123 e. The molecule has 2 N–H and O–H groups in total. The van der Waals surface area contributed by atoms with Gasteiger partial charge in [0, 0.05) is 0 Å². The van der Waals surface area contributed by atoms with Crippen molar-refractivity contribution >= 4 is 0 Å². The lowest BCUT2D eigenvalue weighted by Crippen LogP contribution is -2.34. The molecule has 1 atom stereocenters. The smallest absolute Gasteiger partial charge is 0.123 e. The molecule has 0 radical (unpaired) electrons. The summed E-state index contributed by atoms with van der Waals surface area (Å²) in [5.41, 5.74) is 1.97. The number of nitrogens with zero attached hydrogens (tertiary/aromatic N) is 1. The van der Waals surface area contributed by atoms with Crippen molar-refractivity contribution in [3.05, 3.63) is 42.1 Å². The molecule has 2 saturated carbocycles. The van der Waals surface area contributed by atoms with Crippen LogP contribution in [0.2, 0.25) is 0 Å². The molecule has 146 valence electrons. The second kappa shape index (κ2) is 9.01. The van der Waals surface area contributed by atoms with Gasteiger partial charge in [-0.2, -0.15) is 0 Å². The van der Waals surface area contributed by atoms with Gasteiger partial charge in [-0.3, -0.25) is 0 Å². The Bertz CT molecular complexity index is 697. The van der Waals surface area contributed by atoms with Gasteiger partial charge in [0.15, 0.2) is 0 Å². The minimum Gasteiger partial charge on any atom is -0.341 e. The number of hydrogen-bond donors (Lipinski definition) is 2. The number of imidazole rings is 1. The normalized spacial score (nSPS) is 20.6. The molecule has 4 heteroatoms. The van der Waals surface area contributed by atoms with E-state index in [1.807, 2.05) is 18.3 Å². The molecule has 0 spiro atoms. The Morgan fingerprint density at radius 3 is 2.33 bits per heavy atom. The van der Waals surface area contributed by atoms with Crippen LogP contribution in [0.3, 0.4) is 0 Å².